The molecule has 0 amide bonds. The molecule has 0 bridgehead atoms. The molecule has 1 heterocycles. The first-order valence-corrected chi connectivity index (χ1v) is 8.75. The van der Waals surface area contributed by atoms with Gasteiger partial charge in [0.1, 0.15) is 18.2 Å². The van der Waals surface area contributed by atoms with Gasteiger partial charge in [0.05, 0.1) is 26.4 Å². The molecule has 0 aliphatic carbocycles. The van der Waals surface area contributed by atoms with Crippen LogP contribution >= 0.6 is 0 Å². The van der Waals surface area contributed by atoms with E-state index in [2.05, 4.69) is 4.74 Å². The van der Waals surface area contributed by atoms with Gasteiger partial charge in [0.15, 0.2) is 0 Å². The molecule has 0 saturated heterocycles. The number of carbonyl (C=O) groups is 2. The van der Waals surface area contributed by atoms with E-state index in [4.69, 9.17) is 14.2 Å². The Balaban J connectivity index is 2.04. The van der Waals surface area contributed by atoms with E-state index >= 15 is 0 Å². The molecule has 1 aliphatic rings. The van der Waals surface area contributed by atoms with Crippen molar-refractivity contribution in [1.82, 2.24) is 0 Å². The quantitative estimate of drug-likeness (QED) is 0.293. The highest BCUT2D eigenvalue weighted by Crippen LogP contribution is 2.35. The Labute approximate surface area is 177 Å². The van der Waals surface area contributed by atoms with Crippen molar-refractivity contribution in [1.29, 1.82) is 0 Å². The molecule has 0 saturated carbocycles. The molecule has 0 radical (unpaired) electrons. The topological polar surface area (TPSA) is 74.3 Å². The third kappa shape index (κ3) is 4.08. The maximum absolute atomic E-state index is 13.9. The van der Waals surface area contributed by atoms with Gasteiger partial charge in [-0.15, -0.1) is 0 Å². The van der Waals surface area contributed by atoms with Crippen LogP contribution in [0.2, 0.25) is 0 Å². The molecule has 0 spiro atoms. The van der Waals surface area contributed by atoms with Gasteiger partial charge < -0.3 is 23.8 Å². The summed E-state index contributed by atoms with van der Waals surface area (Å²) in [6.07, 6.45) is 0. The molecule has 3 rings (SSSR count). The normalized spacial score (nSPS) is 13.8. The van der Waals surface area contributed by atoms with Crippen molar-refractivity contribution >= 4 is 17.6 Å². The Morgan fingerprint density at radius 1 is 0.906 bits per heavy atom. The Morgan fingerprint density at radius 3 is 2.09 bits per heavy atom. The number of nitrogens with zero attached hydrogens (tertiary/aromatic N) is 1. The van der Waals surface area contributed by atoms with E-state index in [9.17, 15) is 31.5 Å². The minimum atomic E-state index is -2.32. The summed E-state index contributed by atoms with van der Waals surface area (Å²) in [6, 6.07) is 5.04. The van der Waals surface area contributed by atoms with Crippen LogP contribution in [0.25, 0.3) is 0 Å². The summed E-state index contributed by atoms with van der Waals surface area (Å²) >= 11 is 0. The minimum absolute atomic E-state index is 0.118. The third-order valence-electron chi connectivity index (χ3n) is 4.35. The predicted octanol–water partition coefficient (Wildman–Crippen LogP) is 3.57. The van der Waals surface area contributed by atoms with Crippen LogP contribution in [0.15, 0.2) is 35.5 Å². The number of benzene rings is 2. The van der Waals surface area contributed by atoms with E-state index < -0.39 is 46.8 Å². The SMILES string of the molecule is COC(=O)C1=C(C(=O)OC)N(c2cccc(Oc3c(F)c(F)c(F)c(F)c3F)c2)COC1. The zero-order valence-corrected chi connectivity index (χ0v) is 16.5. The molecule has 170 valence electrons. The van der Waals surface area contributed by atoms with E-state index in [1.165, 1.54) is 23.1 Å². The molecular weight excluding hydrogens is 445 g/mol. The summed E-state index contributed by atoms with van der Waals surface area (Å²) in [6.45, 7) is -0.495. The number of esters is 2. The number of carbonyl (C=O) groups excluding carboxylic acids is 2. The fraction of sp³-hybridized carbons (Fsp3) is 0.200. The van der Waals surface area contributed by atoms with Crippen LogP contribution in [-0.2, 0) is 23.8 Å². The lowest BCUT2D eigenvalue weighted by molar-refractivity contribution is -0.140. The molecular formula is C20H14F5NO6. The second-order valence-corrected chi connectivity index (χ2v) is 6.21. The lowest BCUT2D eigenvalue weighted by Gasteiger charge is -2.31. The Morgan fingerprint density at radius 2 is 1.50 bits per heavy atom. The van der Waals surface area contributed by atoms with Crippen LogP contribution in [0, 0.1) is 29.1 Å². The predicted molar refractivity (Wildman–Crippen MR) is 97.1 cm³/mol. The summed E-state index contributed by atoms with van der Waals surface area (Å²) < 4.78 is 87.6. The Bertz CT molecular complexity index is 1090. The van der Waals surface area contributed by atoms with E-state index in [0.717, 1.165) is 20.3 Å². The van der Waals surface area contributed by atoms with Gasteiger partial charge in [0.2, 0.25) is 34.8 Å². The Kier molecular flexibility index (Phi) is 6.63. The number of anilines is 1. The van der Waals surface area contributed by atoms with Crippen LogP contribution in [-0.4, -0.2) is 39.5 Å². The average Bonchev–Trinajstić information content (AvgIpc) is 2.82. The first-order valence-electron chi connectivity index (χ1n) is 8.75. The second kappa shape index (κ2) is 9.22. The summed E-state index contributed by atoms with van der Waals surface area (Å²) in [4.78, 5) is 25.6. The van der Waals surface area contributed by atoms with Gasteiger partial charge in [-0.05, 0) is 12.1 Å². The summed E-state index contributed by atoms with van der Waals surface area (Å²) in [5.41, 5.74) is -0.261. The first-order chi connectivity index (χ1) is 15.2. The van der Waals surface area contributed by atoms with Crippen LogP contribution in [0.4, 0.5) is 27.6 Å². The summed E-state index contributed by atoms with van der Waals surface area (Å²) in [7, 11) is 2.18. The lowest BCUT2D eigenvalue weighted by Crippen LogP contribution is -2.38. The highest BCUT2D eigenvalue weighted by atomic mass is 19.2. The van der Waals surface area contributed by atoms with E-state index in [1.54, 1.807) is 0 Å². The maximum atomic E-state index is 13.9. The molecule has 1 aliphatic heterocycles. The van der Waals surface area contributed by atoms with Gasteiger partial charge in [-0.2, -0.15) is 8.78 Å². The third-order valence-corrected chi connectivity index (χ3v) is 4.35. The van der Waals surface area contributed by atoms with Crippen molar-refractivity contribution in [3.05, 3.63) is 64.6 Å². The number of hydrogen-bond donors (Lipinski definition) is 0. The number of halogens is 5. The zero-order chi connectivity index (χ0) is 23.6. The number of rotatable bonds is 5. The minimum Gasteiger partial charge on any atom is -0.466 e. The fourth-order valence-electron chi connectivity index (χ4n) is 2.85. The molecule has 2 aromatic rings. The molecule has 0 atom stereocenters. The van der Waals surface area contributed by atoms with Crippen molar-refractivity contribution < 1.29 is 50.5 Å². The van der Waals surface area contributed by atoms with Gasteiger partial charge in [0.25, 0.3) is 0 Å². The number of ether oxygens (including phenoxy) is 4. The maximum Gasteiger partial charge on any atom is 0.355 e. The summed E-state index contributed by atoms with van der Waals surface area (Å²) in [5.74, 6) is -14.6. The van der Waals surface area contributed by atoms with Gasteiger partial charge in [0, 0.05) is 11.8 Å². The zero-order valence-electron chi connectivity index (χ0n) is 16.5. The van der Waals surface area contributed by atoms with Crippen molar-refractivity contribution in [3.8, 4) is 11.5 Å². The highest BCUT2D eigenvalue weighted by Gasteiger charge is 2.33. The summed E-state index contributed by atoms with van der Waals surface area (Å²) in [5, 5.41) is 0. The van der Waals surface area contributed by atoms with Crippen molar-refractivity contribution in [2.45, 2.75) is 0 Å². The van der Waals surface area contributed by atoms with Crippen LogP contribution < -0.4 is 9.64 Å². The highest BCUT2D eigenvalue weighted by molar-refractivity contribution is 6.03. The molecule has 12 heteroatoms. The standard InChI is InChI=1S/C20H14F5NO6/c1-29-19(27)11-7-31-8-26(17(11)20(28)30-2)9-4-3-5-10(6-9)32-18-15(24)13(22)12(21)14(23)16(18)25/h3-6H,7-8H2,1-2H3. The first kappa shape index (κ1) is 23.0. The van der Waals surface area contributed by atoms with E-state index in [0.29, 0.717) is 0 Å². The molecule has 0 unspecified atom stereocenters. The van der Waals surface area contributed by atoms with Gasteiger partial charge >= 0.3 is 11.9 Å². The molecule has 0 fully saturated rings. The molecule has 32 heavy (non-hydrogen) atoms. The monoisotopic (exact) mass is 459 g/mol. The smallest absolute Gasteiger partial charge is 0.355 e. The second-order valence-electron chi connectivity index (χ2n) is 6.21. The van der Waals surface area contributed by atoms with Gasteiger partial charge in [-0.3, -0.25) is 0 Å². The number of methoxy groups -OCH3 is 2. The molecule has 7 nitrogen and oxygen atoms in total. The van der Waals surface area contributed by atoms with E-state index in [1.807, 2.05) is 0 Å². The van der Waals surface area contributed by atoms with Gasteiger partial charge in [-0.25, -0.2) is 22.8 Å². The van der Waals surface area contributed by atoms with Crippen LogP contribution in [0.1, 0.15) is 0 Å². The van der Waals surface area contributed by atoms with Crippen LogP contribution in [0.5, 0.6) is 11.5 Å². The molecule has 0 N–H and O–H groups in total. The van der Waals surface area contributed by atoms with Crippen molar-refractivity contribution in [2.75, 3.05) is 32.5 Å². The molecule has 0 aromatic heterocycles. The van der Waals surface area contributed by atoms with Crippen molar-refractivity contribution in [2.24, 2.45) is 0 Å². The van der Waals surface area contributed by atoms with E-state index in [-0.39, 0.29) is 36.0 Å². The number of hydrogen-bond acceptors (Lipinski definition) is 7. The fourth-order valence-corrected chi connectivity index (χ4v) is 2.85. The molecule has 2 aromatic carbocycles. The van der Waals surface area contributed by atoms with Crippen molar-refractivity contribution in [3.63, 3.8) is 0 Å². The van der Waals surface area contributed by atoms with Gasteiger partial charge in [-0.1, -0.05) is 6.07 Å². The lowest BCUT2D eigenvalue weighted by atomic mass is 10.1. The average molecular weight is 459 g/mol. The Hall–Kier alpha value is -3.67. The van der Waals surface area contributed by atoms with Crippen LogP contribution in [0.3, 0.4) is 0 Å². The largest absolute Gasteiger partial charge is 0.466 e.